The summed E-state index contributed by atoms with van der Waals surface area (Å²) in [7, 11) is 0. The summed E-state index contributed by atoms with van der Waals surface area (Å²) in [4.78, 5) is 8.11. The van der Waals surface area contributed by atoms with Crippen molar-refractivity contribution in [3.63, 3.8) is 0 Å². The van der Waals surface area contributed by atoms with Gasteiger partial charge in [-0.1, -0.05) is 11.6 Å². The van der Waals surface area contributed by atoms with Crippen molar-refractivity contribution in [2.24, 2.45) is 0 Å². The maximum absolute atomic E-state index is 8.83. The molecule has 0 fully saturated rings. The summed E-state index contributed by atoms with van der Waals surface area (Å²) in [5, 5.41) is 12.2. The van der Waals surface area contributed by atoms with Gasteiger partial charge in [-0.15, -0.1) is 0 Å². The molecule has 18 heavy (non-hydrogen) atoms. The van der Waals surface area contributed by atoms with Gasteiger partial charge in [0.1, 0.15) is 10.4 Å². The molecule has 0 radical (unpaired) electrons. The van der Waals surface area contributed by atoms with Crippen LogP contribution in [0.15, 0.2) is 28.9 Å². The average molecular weight is 325 g/mol. The molecule has 5 nitrogen and oxygen atoms in total. The van der Waals surface area contributed by atoms with E-state index >= 15 is 0 Å². The standard InChI is InChI=1S/C11H7BrClN5/c12-9-4-10(15)18-11(17-9)16-8-3-6(5-14)1-2-7(8)13/h1-4H,(H3,15,16,17,18). The van der Waals surface area contributed by atoms with Gasteiger partial charge in [-0.2, -0.15) is 10.2 Å². The molecule has 0 aliphatic rings. The van der Waals surface area contributed by atoms with Crippen molar-refractivity contribution in [2.45, 2.75) is 0 Å². The predicted octanol–water partition coefficient (Wildman–Crippen LogP) is 3.09. The van der Waals surface area contributed by atoms with E-state index in [1.165, 1.54) is 0 Å². The zero-order chi connectivity index (χ0) is 13.1. The number of anilines is 3. The van der Waals surface area contributed by atoms with E-state index in [1.54, 1.807) is 24.3 Å². The Balaban J connectivity index is 2.36. The minimum Gasteiger partial charge on any atom is -0.383 e. The largest absolute Gasteiger partial charge is 0.383 e. The van der Waals surface area contributed by atoms with Crippen LogP contribution in [0.4, 0.5) is 17.5 Å². The van der Waals surface area contributed by atoms with Crippen molar-refractivity contribution in [1.82, 2.24) is 9.97 Å². The van der Waals surface area contributed by atoms with Gasteiger partial charge in [-0.3, -0.25) is 0 Å². The topological polar surface area (TPSA) is 87.6 Å². The highest BCUT2D eigenvalue weighted by Crippen LogP contribution is 2.26. The quantitative estimate of drug-likeness (QED) is 0.829. The van der Waals surface area contributed by atoms with E-state index in [9.17, 15) is 0 Å². The fraction of sp³-hybridized carbons (Fsp3) is 0. The molecule has 2 aromatic rings. The van der Waals surface area contributed by atoms with Crippen LogP contribution in [-0.4, -0.2) is 9.97 Å². The Morgan fingerprint density at radius 3 is 2.78 bits per heavy atom. The highest BCUT2D eigenvalue weighted by atomic mass is 79.9. The van der Waals surface area contributed by atoms with Gasteiger partial charge >= 0.3 is 0 Å². The highest BCUT2D eigenvalue weighted by molar-refractivity contribution is 9.10. The molecule has 7 heteroatoms. The van der Waals surface area contributed by atoms with Gasteiger partial charge in [0.15, 0.2) is 0 Å². The number of nitrogen functional groups attached to an aromatic ring is 1. The highest BCUT2D eigenvalue weighted by Gasteiger charge is 2.06. The Morgan fingerprint density at radius 1 is 1.33 bits per heavy atom. The summed E-state index contributed by atoms with van der Waals surface area (Å²) in [6.07, 6.45) is 0. The Labute approximate surface area is 117 Å². The molecule has 90 valence electrons. The number of nitrogens with one attached hydrogen (secondary N) is 1. The fourth-order valence-electron chi connectivity index (χ4n) is 1.30. The smallest absolute Gasteiger partial charge is 0.230 e. The predicted molar refractivity (Wildman–Crippen MR) is 73.6 cm³/mol. The van der Waals surface area contributed by atoms with Gasteiger partial charge in [-0.05, 0) is 34.1 Å². The summed E-state index contributed by atoms with van der Waals surface area (Å²) in [5.74, 6) is 0.630. The van der Waals surface area contributed by atoms with Crippen LogP contribution in [-0.2, 0) is 0 Å². The van der Waals surface area contributed by atoms with E-state index in [1.807, 2.05) is 6.07 Å². The number of benzene rings is 1. The molecular formula is C11H7BrClN5. The first-order valence-electron chi connectivity index (χ1n) is 4.85. The Bertz CT molecular complexity index is 618. The zero-order valence-electron chi connectivity index (χ0n) is 8.98. The number of hydrogen-bond donors (Lipinski definition) is 2. The number of rotatable bonds is 2. The van der Waals surface area contributed by atoms with Crippen LogP contribution in [0.3, 0.4) is 0 Å². The first kappa shape index (κ1) is 12.6. The lowest BCUT2D eigenvalue weighted by Gasteiger charge is -2.07. The molecular weight excluding hydrogens is 318 g/mol. The van der Waals surface area contributed by atoms with Crippen molar-refractivity contribution in [2.75, 3.05) is 11.1 Å². The second kappa shape index (κ2) is 5.21. The second-order valence-corrected chi connectivity index (χ2v) is 4.59. The van der Waals surface area contributed by atoms with Gasteiger partial charge < -0.3 is 11.1 Å². The minimum atomic E-state index is 0.305. The van der Waals surface area contributed by atoms with Crippen molar-refractivity contribution < 1.29 is 0 Å². The molecule has 0 spiro atoms. The molecule has 3 N–H and O–H groups in total. The first-order chi connectivity index (χ1) is 8.58. The number of hydrogen-bond acceptors (Lipinski definition) is 5. The van der Waals surface area contributed by atoms with E-state index in [2.05, 4.69) is 31.2 Å². The molecule has 0 bridgehead atoms. The van der Waals surface area contributed by atoms with E-state index < -0.39 is 0 Å². The Hall–Kier alpha value is -1.84. The Kier molecular flexibility index (Phi) is 3.65. The summed E-state index contributed by atoms with van der Waals surface area (Å²) >= 11 is 9.23. The molecule has 0 unspecified atom stereocenters. The van der Waals surface area contributed by atoms with Crippen molar-refractivity contribution in [3.8, 4) is 6.07 Å². The third-order valence-corrected chi connectivity index (χ3v) is 2.79. The van der Waals surface area contributed by atoms with Gasteiger partial charge in [-0.25, -0.2) is 4.98 Å². The zero-order valence-corrected chi connectivity index (χ0v) is 11.3. The van der Waals surface area contributed by atoms with Crippen LogP contribution in [0.25, 0.3) is 0 Å². The van der Waals surface area contributed by atoms with E-state index in [-0.39, 0.29) is 0 Å². The molecule has 2 rings (SSSR count). The first-order valence-corrected chi connectivity index (χ1v) is 6.02. The van der Waals surface area contributed by atoms with E-state index in [0.717, 1.165) is 0 Å². The van der Waals surface area contributed by atoms with Crippen LogP contribution in [0.2, 0.25) is 5.02 Å². The molecule has 1 heterocycles. The maximum Gasteiger partial charge on any atom is 0.230 e. The molecule has 0 atom stereocenters. The normalized spacial score (nSPS) is 9.83. The minimum absolute atomic E-state index is 0.305. The fourth-order valence-corrected chi connectivity index (χ4v) is 1.87. The summed E-state index contributed by atoms with van der Waals surface area (Å²) in [5.41, 5.74) is 6.64. The molecule has 0 saturated heterocycles. The van der Waals surface area contributed by atoms with Crippen LogP contribution in [0.1, 0.15) is 5.56 Å². The molecule has 0 aliphatic heterocycles. The number of nitrogens with zero attached hydrogens (tertiary/aromatic N) is 3. The molecule has 1 aromatic carbocycles. The van der Waals surface area contributed by atoms with Crippen LogP contribution in [0, 0.1) is 11.3 Å². The van der Waals surface area contributed by atoms with Crippen LogP contribution < -0.4 is 11.1 Å². The number of aromatic nitrogens is 2. The maximum atomic E-state index is 8.83. The van der Waals surface area contributed by atoms with Crippen molar-refractivity contribution in [3.05, 3.63) is 39.5 Å². The number of halogens is 2. The number of nitriles is 1. The lowest BCUT2D eigenvalue weighted by molar-refractivity contribution is 1.15. The SMILES string of the molecule is N#Cc1ccc(Cl)c(Nc2nc(N)cc(Br)n2)c1. The van der Waals surface area contributed by atoms with Gasteiger partial charge in [0.05, 0.1) is 22.3 Å². The molecule has 0 saturated carbocycles. The summed E-state index contributed by atoms with van der Waals surface area (Å²) < 4.78 is 0.560. The Morgan fingerprint density at radius 2 is 2.11 bits per heavy atom. The molecule has 0 aliphatic carbocycles. The van der Waals surface area contributed by atoms with Crippen LogP contribution >= 0.6 is 27.5 Å². The van der Waals surface area contributed by atoms with Crippen molar-refractivity contribution >= 4 is 45.0 Å². The van der Waals surface area contributed by atoms with Gasteiger partial charge in [0.25, 0.3) is 0 Å². The van der Waals surface area contributed by atoms with E-state index in [4.69, 9.17) is 22.6 Å². The van der Waals surface area contributed by atoms with E-state index in [0.29, 0.717) is 32.6 Å². The average Bonchev–Trinajstić information content (AvgIpc) is 2.30. The van der Waals surface area contributed by atoms with Crippen LogP contribution in [0.5, 0.6) is 0 Å². The number of nitrogens with two attached hydrogens (primary N) is 1. The van der Waals surface area contributed by atoms with Crippen molar-refractivity contribution in [1.29, 1.82) is 5.26 Å². The lowest BCUT2D eigenvalue weighted by atomic mass is 10.2. The molecule has 0 amide bonds. The second-order valence-electron chi connectivity index (χ2n) is 3.37. The molecule has 1 aromatic heterocycles. The monoisotopic (exact) mass is 323 g/mol. The van der Waals surface area contributed by atoms with Gasteiger partial charge in [0, 0.05) is 6.07 Å². The third kappa shape index (κ3) is 2.88. The lowest BCUT2D eigenvalue weighted by Crippen LogP contribution is -2.01. The van der Waals surface area contributed by atoms with Gasteiger partial charge in [0.2, 0.25) is 5.95 Å². The summed E-state index contributed by atoms with van der Waals surface area (Å²) in [6, 6.07) is 8.48. The third-order valence-electron chi connectivity index (χ3n) is 2.06. The summed E-state index contributed by atoms with van der Waals surface area (Å²) in [6.45, 7) is 0.